The minimum Gasteiger partial charge on any atom is -0.462 e. The molecule has 0 radical (unpaired) electrons. The van der Waals surface area contributed by atoms with Gasteiger partial charge in [0.1, 0.15) is 6.10 Å². The molecule has 0 amide bonds. The van der Waals surface area contributed by atoms with Gasteiger partial charge in [-0.15, -0.1) is 0 Å². The van der Waals surface area contributed by atoms with Crippen molar-refractivity contribution < 1.29 is 14.3 Å². The molecular weight excluding hydrogens is 332 g/mol. The molecule has 1 aliphatic carbocycles. The van der Waals surface area contributed by atoms with Crippen LogP contribution >= 0.6 is 15.9 Å². The molecule has 0 N–H and O–H groups in total. The zero-order chi connectivity index (χ0) is 16.0. The minimum atomic E-state index is -0.324. The maximum absolute atomic E-state index is 11.4. The average Bonchev–Trinajstić information content (AvgIpc) is 2.35. The molecule has 4 heteroatoms. The third-order valence-electron chi connectivity index (χ3n) is 4.50. The fourth-order valence-electron chi connectivity index (χ4n) is 3.16. The highest BCUT2D eigenvalue weighted by molar-refractivity contribution is 9.10. The molecule has 0 spiro atoms. The van der Waals surface area contributed by atoms with E-state index >= 15 is 0 Å². The second-order valence-corrected chi connectivity index (χ2v) is 7.80. The van der Waals surface area contributed by atoms with Crippen LogP contribution in [-0.4, -0.2) is 18.4 Å². The van der Waals surface area contributed by atoms with Gasteiger partial charge >= 0.3 is 5.97 Å². The summed E-state index contributed by atoms with van der Waals surface area (Å²) in [6.45, 7) is 9.86. The lowest BCUT2D eigenvalue weighted by molar-refractivity contribution is -0.151. The minimum absolute atomic E-state index is 0.116. The number of halogens is 1. The van der Waals surface area contributed by atoms with E-state index in [-0.39, 0.29) is 22.9 Å². The van der Waals surface area contributed by atoms with Crippen LogP contribution in [0.2, 0.25) is 0 Å². The largest absolute Gasteiger partial charge is 0.462 e. The summed E-state index contributed by atoms with van der Waals surface area (Å²) in [7, 11) is 0. The number of aldehydes is 1. The summed E-state index contributed by atoms with van der Waals surface area (Å²) < 4.78 is 6.37. The van der Waals surface area contributed by atoms with Crippen LogP contribution in [0.4, 0.5) is 0 Å². The zero-order valence-corrected chi connectivity index (χ0v) is 14.7. The van der Waals surface area contributed by atoms with Gasteiger partial charge in [-0.25, -0.2) is 0 Å². The van der Waals surface area contributed by atoms with Crippen molar-refractivity contribution in [3.8, 4) is 0 Å². The maximum atomic E-state index is 11.4. The Morgan fingerprint density at radius 2 is 1.90 bits per heavy atom. The van der Waals surface area contributed by atoms with Gasteiger partial charge in [0.15, 0.2) is 6.29 Å². The second kappa shape index (κ2) is 5.24. The monoisotopic (exact) mass is 352 g/mol. The summed E-state index contributed by atoms with van der Waals surface area (Å²) >= 11 is 3.46. The number of esters is 1. The molecule has 1 unspecified atom stereocenters. The molecule has 0 saturated carbocycles. The molecule has 3 nitrogen and oxygen atoms in total. The number of carbonyl (C=O) groups excluding carboxylic acids is 2. The predicted octanol–water partition coefficient (Wildman–Crippen LogP) is 4.15. The molecule has 21 heavy (non-hydrogen) atoms. The fraction of sp³-hybridized carbons (Fsp3) is 0.529. The van der Waals surface area contributed by atoms with Gasteiger partial charge < -0.3 is 4.74 Å². The van der Waals surface area contributed by atoms with Gasteiger partial charge in [0.25, 0.3) is 0 Å². The normalized spacial score (nSPS) is 22.3. The van der Waals surface area contributed by atoms with Gasteiger partial charge in [0.2, 0.25) is 0 Å². The number of rotatable bonds is 2. The lowest BCUT2D eigenvalue weighted by Crippen LogP contribution is -2.47. The first kappa shape index (κ1) is 16.2. The summed E-state index contributed by atoms with van der Waals surface area (Å²) in [4.78, 5) is 22.6. The van der Waals surface area contributed by atoms with Gasteiger partial charge in [0.05, 0.1) is 0 Å². The Hall–Kier alpha value is -1.16. The summed E-state index contributed by atoms with van der Waals surface area (Å²) in [5.74, 6) is -0.264. The molecule has 0 aromatic heterocycles. The first-order valence-corrected chi connectivity index (χ1v) is 7.86. The van der Waals surface area contributed by atoms with Crippen molar-refractivity contribution in [1.82, 2.24) is 0 Å². The van der Waals surface area contributed by atoms with Gasteiger partial charge in [-0.05, 0) is 35.1 Å². The lowest BCUT2D eigenvalue weighted by Gasteiger charge is -2.47. The van der Waals surface area contributed by atoms with Crippen LogP contribution in [0.1, 0.15) is 62.5 Å². The van der Waals surface area contributed by atoms with Crippen molar-refractivity contribution in [2.75, 3.05) is 0 Å². The first-order chi connectivity index (χ1) is 9.59. The van der Waals surface area contributed by atoms with Gasteiger partial charge in [-0.1, -0.05) is 43.6 Å². The third-order valence-corrected chi connectivity index (χ3v) is 5.18. The number of benzene rings is 1. The summed E-state index contributed by atoms with van der Waals surface area (Å²) in [5, 5.41) is 0. The van der Waals surface area contributed by atoms with Crippen molar-refractivity contribution in [3.63, 3.8) is 0 Å². The van der Waals surface area contributed by atoms with Gasteiger partial charge in [-0.3, -0.25) is 9.59 Å². The van der Waals surface area contributed by atoms with Crippen molar-refractivity contribution in [2.45, 2.75) is 58.0 Å². The van der Waals surface area contributed by atoms with Crippen LogP contribution in [0.5, 0.6) is 0 Å². The molecule has 1 aliphatic rings. The number of carbonyl (C=O) groups is 2. The maximum Gasteiger partial charge on any atom is 0.302 e. The van der Waals surface area contributed by atoms with Crippen molar-refractivity contribution in [2.24, 2.45) is 0 Å². The van der Waals surface area contributed by atoms with Crippen molar-refractivity contribution in [3.05, 3.63) is 33.3 Å². The Morgan fingerprint density at radius 1 is 1.29 bits per heavy atom. The highest BCUT2D eigenvalue weighted by Gasteiger charge is 2.46. The zero-order valence-electron chi connectivity index (χ0n) is 13.1. The van der Waals surface area contributed by atoms with Crippen LogP contribution in [0.25, 0.3) is 0 Å². The van der Waals surface area contributed by atoms with Crippen LogP contribution < -0.4 is 0 Å². The lowest BCUT2D eigenvalue weighted by atomic mass is 9.61. The number of fused-ring (bicyclic) bond motifs is 1. The highest BCUT2D eigenvalue weighted by Crippen LogP contribution is 2.48. The fourth-order valence-corrected chi connectivity index (χ4v) is 3.60. The molecule has 0 saturated heterocycles. The Morgan fingerprint density at radius 3 is 2.43 bits per heavy atom. The van der Waals surface area contributed by atoms with E-state index in [9.17, 15) is 9.59 Å². The van der Waals surface area contributed by atoms with E-state index in [0.717, 1.165) is 22.7 Å². The standard InChI is InChI=1S/C17H21BrO3/c1-10(20)21-15-8-16(2,3)12-7-14(18)11(9-19)6-13(12)17(15,4)5/h6-7,9,15H,8H2,1-5H3. The van der Waals surface area contributed by atoms with Crippen LogP contribution in [0.3, 0.4) is 0 Å². The van der Waals surface area contributed by atoms with E-state index < -0.39 is 0 Å². The predicted molar refractivity (Wildman–Crippen MR) is 85.8 cm³/mol. The molecule has 1 atom stereocenters. The second-order valence-electron chi connectivity index (χ2n) is 6.94. The Bertz CT molecular complexity index is 602. The molecule has 114 valence electrons. The van der Waals surface area contributed by atoms with Crippen molar-refractivity contribution in [1.29, 1.82) is 0 Å². The molecule has 2 rings (SSSR count). The summed E-state index contributed by atoms with van der Waals surface area (Å²) in [6.07, 6.45) is 1.42. The summed E-state index contributed by atoms with van der Waals surface area (Å²) in [6, 6.07) is 3.95. The smallest absolute Gasteiger partial charge is 0.302 e. The van der Waals surface area contributed by atoms with E-state index in [0.29, 0.717) is 5.56 Å². The Kier molecular flexibility index (Phi) is 4.04. The van der Waals surface area contributed by atoms with E-state index in [2.05, 4.69) is 43.6 Å². The number of hydrogen-bond donors (Lipinski definition) is 0. The SMILES string of the molecule is CC(=O)OC1CC(C)(C)c2cc(Br)c(C=O)cc2C1(C)C. The Balaban J connectivity index is 2.65. The quantitative estimate of drug-likeness (QED) is 0.593. The molecule has 1 aromatic carbocycles. The summed E-state index contributed by atoms with van der Waals surface area (Å²) in [5.41, 5.74) is 2.47. The van der Waals surface area contributed by atoms with Gasteiger partial charge in [0, 0.05) is 22.4 Å². The van der Waals surface area contributed by atoms with E-state index in [4.69, 9.17) is 4.74 Å². The van der Waals surface area contributed by atoms with Crippen LogP contribution in [0.15, 0.2) is 16.6 Å². The van der Waals surface area contributed by atoms with Gasteiger partial charge in [-0.2, -0.15) is 0 Å². The van der Waals surface area contributed by atoms with Crippen LogP contribution in [-0.2, 0) is 20.4 Å². The average molecular weight is 353 g/mol. The van der Waals surface area contributed by atoms with E-state index in [1.165, 1.54) is 12.5 Å². The molecular formula is C17H21BrO3. The van der Waals surface area contributed by atoms with E-state index in [1.54, 1.807) is 0 Å². The third kappa shape index (κ3) is 2.78. The van der Waals surface area contributed by atoms with Crippen molar-refractivity contribution >= 4 is 28.2 Å². The Labute approximate surface area is 134 Å². The molecule has 0 aliphatic heterocycles. The highest BCUT2D eigenvalue weighted by atomic mass is 79.9. The number of hydrogen-bond acceptors (Lipinski definition) is 3. The molecule has 0 bridgehead atoms. The topological polar surface area (TPSA) is 43.4 Å². The molecule has 0 fully saturated rings. The number of ether oxygens (including phenoxy) is 1. The first-order valence-electron chi connectivity index (χ1n) is 7.06. The van der Waals surface area contributed by atoms with Crippen LogP contribution in [0, 0.1) is 0 Å². The molecule has 0 heterocycles. The molecule has 1 aromatic rings. The van der Waals surface area contributed by atoms with E-state index in [1.807, 2.05) is 12.1 Å².